The van der Waals surface area contributed by atoms with E-state index in [1.165, 1.54) is 37.4 Å². The first-order chi connectivity index (χ1) is 12.0. The largest absolute Gasteiger partial charge is 0.452 e. The number of rotatable bonds is 5. The fourth-order valence-corrected chi connectivity index (χ4v) is 2.65. The number of esters is 1. The van der Waals surface area contributed by atoms with Crippen molar-refractivity contribution in [2.45, 2.75) is 25.7 Å². The summed E-state index contributed by atoms with van der Waals surface area (Å²) in [7, 11) is 0. The van der Waals surface area contributed by atoms with E-state index in [9.17, 15) is 14.4 Å². The van der Waals surface area contributed by atoms with Crippen molar-refractivity contribution in [3.8, 4) is 0 Å². The van der Waals surface area contributed by atoms with Crippen LogP contribution in [0.15, 0.2) is 30.3 Å². The molecule has 1 aliphatic heterocycles. The van der Waals surface area contributed by atoms with Crippen molar-refractivity contribution in [1.29, 1.82) is 0 Å². The van der Waals surface area contributed by atoms with Gasteiger partial charge in [-0.1, -0.05) is 25.0 Å². The molecule has 0 spiro atoms. The summed E-state index contributed by atoms with van der Waals surface area (Å²) in [4.78, 5) is 35.5. The molecule has 2 rings (SSSR count). The second-order valence-corrected chi connectivity index (χ2v) is 5.85. The lowest BCUT2D eigenvalue weighted by atomic mass is 10.1. The van der Waals surface area contributed by atoms with Crippen LogP contribution in [0.2, 0.25) is 0 Å². The number of carbonyl (C=O) groups excluding carboxylic acids is 3. The van der Waals surface area contributed by atoms with Crippen molar-refractivity contribution in [3.63, 3.8) is 0 Å². The smallest absolute Gasteiger partial charge is 0.331 e. The molecule has 0 bridgehead atoms. The number of primary amides is 1. The monoisotopic (exact) mass is 345 g/mol. The Kier molecular flexibility index (Phi) is 7.00. The van der Waals surface area contributed by atoms with Crippen LogP contribution in [-0.4, -0.2) is 37.6 Å². The number of hydrogen-bond donors (Lipinski definition) is 2. The number of anilines is 1. The molecule has 25 heavy (non-hydrogen) atoms. The third-order valence-corrected chi connectivity index (χ3v) is 3.88. The highest BCUT2D eigenvalue weighted by molar-refractivity contribution is 5.95. The predicted molar refractivity (Wildman–Crippen MR) is 94.8 cm³/mol. The van der Waals surface area contributed by atoms with Crippen LogP contribution in [0.5, 0.6) is 0 Å². The van der Waals surface area contributed by atoms with Crippen LogP contribution in [0.4, 0.5) is 10.5 Å². The minimum Gasteiger partial charge on any atom is -0.452 e. The zero-order chi connectivity index (χ0) is 18.1. The zero-order valence-electron chi connectivity index (χ0n) is 14.1. The lowest BCUT2D eigenvalue weighted by Crippen LogP contribution is -2.37. The Hall–Kier alpha value is -2.83. The maximum Gasteiger partial charge on any atom is 0.331 e. The first kappa shape index (κ1) is 18.5. The van der Waals surface area contributed by atoms with Crippen molar-refractivity contribution < 1.29 is 19.1 Å². The molecule has 1 aromatic carbocycles. The number of imide groups is 1. The summed E-state index contributed by atoms with van der Waals surface area (Å²) in [5, 5.41) is 1.81. The van der Waals surface area contributed by atoms with E-state index in [0.29, 0.717) is 0 Å². The maximum atomic E-state index is 11.5. The molecule has 1 fully saturated rings. The second kappa shape index (κ2) is 9.46. The van der Waals surface area contributed by atoms with Gasteiger partial charge in [0.25, 0.3) is 5.91 Å². The molecule has 7 heteroatoms. The summed E-state index contributed by atoms with van der Waals surface area (Å²) in [6.07, 6.45) is 7.86. The fraction of sp³-hybridized carbons (Fsp3) is 0.389. The van der Waals surface area contributed by atoms with Crippen molar-refractivity contribution in [2.75, 3.05) is 24.6 Å². The van der Waals surface area contributed by atoms with Crippen LogP contribution >= 0.6 is 0 Å². The van der Waals surface area contributed by atoms with Gasteiger partial charge in [0.1, 0.15) is 0 Å². The number of urea groups is 1. The molecule has 0 atom stereocenters. The number of hydrogen-bond acceptors (Lipinski definition) is 5. The Morgan fingerprint density at radius 1 is 1.08 bits per heavy atom. The lowest BCUT2D eigenvalue weighted by molar-refractivity contribution is -0.143. The Morgan fingerprint density at radius 2 is 1.72 bits per heavy atom. The first-order valence-electron chi connectivity index (χ1n) is 8.34. The minimum atomic E-state index is -0.985. The molecule has 0 aromatic heterocycles. The predicted octanol–water partition coefficient (Wildman–Crippen LogP) is 1.82. The van der Waals surface area contributed by atoms with E-state index in [2.05, 4.69) is 4.90 Å². The number of nitrogens with zero attached hydrogens (tertiary/aromatic N) is 1. The quantitative estimate of drug-likeness (QED) is 0.626. The number of carbonyl (C=O) groups is 3. The van der Waals surface area contributed by atoms with Crippen molar-refractivity contribution in [3.05, 3.63) is 35.9 Å². The topological polar surface area (TPSA) is 102 Å². The summed E-state index contributed by atoms with van der Waals surface area (Å²) in [5.74, 6) is -1.44. The summed E-state index contributed by atoms with van der Waals surface area (Å²) in [6, 6.07) is 6.96. The molecule has 0 unspecified atom stereocenters. The highest BCUT2D eigenvalue weighted by Gasteiger charge is 2.09. The number of ether oxygens (including phenoxy) is 1. The Balaban J connectivity index is 1.83. The number of benzene rings is 1. The number of amides is 3. The van der Waals surface area contributed by atoms with Crippen LogP contribution in [0, 0.1) is 0 Å². The third-order valence-electron chi connectivity index (χ3n) is 3.88. The van der Waals surface area contributed by atoms with Crippen LogP contribution in [0.25, 0.3) is 6.08 Å². The van der Waals surface area contributed by atoms with E-state index >= 15 is 0 Å². The minimum absolute atomic E-state index is 0.556. The van der Waals surface area contributed by atoms with Gasteiger partial charge in [-0.15, -0.1) is 0 Å². The molecule has 3 amide bonds. The van der Waals surface area contributed by atoms with Crippen molar-refractivity contribution in [1.82, 2.24) is 5.32 Å². The molecule has 134 valence electrons. The molecule has 0 radical (unpaired) electrons. The summed E-state index contributed by atoms with van der Waals surface area (Å²) >= 11 is 0. The first-order valence-corrected chi connectivity index (χ1v) is 8.34. The molecule has 1 heterocycles. The average molecular weight is 345 g/mol. The normalized spacial score (nSPS) is 14.8. The molecular weight excluding hydrogens is 322 g/mol. The van der Waals surface area contributed by atoms with Crippen LogP contribution in [-0.2, 0) is 14.3 Å². The standard InChI is InChI=1S/C18H23N3O4/c19-18(24)20-16(22)13-25-17(23)10-7-14-5-8-15(9-6-14)21-11-3-1-2-4-12-21/h5-10H,1-4,11-13H2,(H3,19,20,22,24)/b10-7+. The third kappa shape index (κ3) is 6.66. The van der Waals surface area contributed by atoms with Crippen LogP contribution in [0.3, 0.4) is 0 Å². The van der Waals surface area contributed by atoms with E-state index in [-0.39, 0.29) is 0 Å². The lowest BCUT2D eigenvalue weighted by Gasteiger charge is -2.22. The number of nitrogens with two attached hydrogens (primary N) is 1. The molecule has 7 nitrogen and oxygen atoms in total. The van der Waals surface area contributed by atoms with Crippen LogP contribution < -0.4 is 16.0 Å². The van der Waals surface area contributed by atoms with Gasteiger partial charge in [0, 0.05) is 24.9 Å². The van der Waals surface area contributed by atoms with E-state index < -0.39 is 24.5 Å². The Morgan fingerprint density at radius 3 is 2.32 bits per heavy atom. The molecule has 0 aliphatic carbocycles. The summed E-state index contributed by atoms with van der Waals surface area (Å²) in [6.45, 7) is 1.60. The van der Waals surface area contributed by atoms with Crippen molar-refractivity contribution in [2.24, 2.45) is 5.73 Å². The molecule has 1 saturated heterocycles. The summed E-state index contributed by atoms with van der Waals surface area (Å²) in [5.41, 5.74) is 6.82. The fourth-order valence-electron chi connectivity index (χ4n) is 2.65. The van der Waals surface area contributed by atoms with Gasteiger partial charge in [-0.3, -0.25) is 10.1 Å². The van der Waals surface area contributed by atoms with E-state index in [1.807, 2.05) is 29.6 Å². The molecule has 0 saturated carbocycles. The molecule has 3 N–H and O–H groups in total. The number of nitrogens with one attached hydrogen (secondary N) is 1. The highest BCUT2D eigenvalue weighted by atomic mass is 16.5. The maximum absolute atomic E-state index is 11.5. The average Bonchev–Trinajstić information content (AvgIpc) is 2.87. The molecule has 1 aromatic rings. The molecule has 1 aliphatic rings. The Labute approximate surface area is 146 Å². The second-order valence-electron chi connectivity index (χ2n) is 5.85. The van der Waals surface area contributed by atoms with Gasteiger partial charge in [0.05, 0.1) is 0 Å². The van der Waals surface area contributed by atoms with Crippen LogP contribution in [0.1, 0.15) is 31.2 Å². The van der Waals surface area contributed by atoms with Gasteiger partial charge in [-0.2, -0.15) is 0 Å². The van der Waals surface area contributed by atoms with E-state index in [1.54, 1.807) is 6.08 Å². The Bertz CT molecular complexity index is 632. The van der Waals surface area contributed by atoms with Gasteiger partial charge >= 0.3 is 12.0 Å². The van der Waals surface area contributed by atoms with Gasteiger partial charge in [-0.05, 0) is 36.6 Å². The van der Waals surface area contributed by atoms with E-state index in [0.717, 1.165) is 18.7 Å². The van der Waals surface area contributed by atoms with Gasteiger partial charge in [0.2, 0.25) is 0 Å². The zero-order valence-corrected chi connectivity index (χ0v) is 14.1. The van der Waals surface area contributed by atoms with Gasteiger partial charge in [-0.25, -0.2) is 9.59 Å². The van der Waals surface area contributed by atoms with Crippen molar-refractivity contribution >= 4 is 29.7 Å². The van der Waals surface area contributed by atoms with Gasteiger partial charge in [0.15, 0.2) is 6.61 Å². The summed E-state index contributed by atoms with van der Waals surface area (Å²) < 4.78 is 4.71. The van der Waals surface area contributed by atoms with Gasteiger partial charge < -0.3 is 15.4 Å². The highest BCUT2D eigenvalue weighted by Crippen LogP contribution is 2.20. The SMILES string of the molecule is NC(=O)NC(=O)COC(=O)/C=C/c1ccc(N2CCCCCC2)cc1. The molecular formula is C18H23N3O4. The van der Waals surface area contributed by atoms with E-state index in [4.69, 9.17) is 10.5 Å².